The van der Waals surface area contributed by atoms with E-state index < -0.39 is 18.1 Å². The molecule has 0 fully saturated rings. The van der Waals surface area contributed by atoms with E-state index in [-0.39, 0.29) is 12.5 Å². The first kappa shape index (κ1) is 25.4. The van der Waals surface area contributed by atoms with Crippen LogP contribution in [0.15, 0.2) is 47.6 Å². The Morgan fingerprint density at radius 3 is 2.30 bits per heavy atom. The highest BCUT2D eigenvalue weighted by molar-refractivity contribution is 5.98. The van der Waals surface area contributed by atoms with Crippen LogP contribution >= 0.6 is 0 Å². The monoisotopic (exact) mass is 465 g/mol. The van der Waals surface area contributed by atoms with E-state index in [4.69, 9.17) is 20.9 Å². The summed E-state index contributed by atoms with van der Waals surface area (Å²) in [7, 11) is 0. The minimum Gasteiger partial charge on any atom is -0.480 e. The van der Waals surface area contributed by atoms with Crippen LogP contribution < -0.4 is 5.84 Å². The smallest absolute Gasteiger partial charge is 0.480 e. The highest BCUT2D eigenvalue weighted by atomic mass is 19.4. The lowest BCUT2D eigenvalue weighted by Gasteiger charge is -2.27. The van der Waals surface area contributed by atoms with Gasteiger partial charge in [-0.15, -0.1) is 0 Å². The number of nitrogens with zero attached hydrogens (tertiary/aromatic N) is 2. The van der Waals surface area contributed by atoms with Gasteiger partial charge in [0.05, 0.1) is 6.21 Å². The Hall–Kier alpha value is -3.89. The lowest BCUT2D eigenvalue weighted by Crippen LogP contribution is -2.40. The van der Waals surface area contributed by atoms with Crippen LogP contribution in [0.5, 0.6) is 0 Å². The number of aryl methyl sites for hydroxylation is 2. The van der Waals surface area contributed by atoms with E-state index in [0.717, 1.165) is 24.0 Å². The second-order valence-electron chi connectivity index (χ2n) is 7.19. The van der Waals surface area contributed by atoms with Crippen LogP contribution in [0.4, 0.5) is 13.2 Å². The van der Waals surface area contributed by atoms with Crippen molar-refractivity contribution in [2.45, 2.75) is 25.4 Å². The van der Waals surface area contributed by atoms with Crippen molar-refractivity contribution in [1.29, 1.82) is 0 Å². The molecule has 11 heteroatoms. The largest absolute Gasteiger partial charge is 0.490 e. The first-order chi connectivity index (χ1) is 15.5. The maximum absolute atomic E-state index is 12.4. The zero-order chi connectivity index (χ0) is 24.6. The van der Waals surface area contributed by atoms with Crippen LogP contribution in [0.1, 0.15) is 32.6 Å². The van der Waals surface area contributed by atoms with E-state index in [1.54, 1.807) is 6.21 Å². The van der Waals surface area contributed by atoms with E-state index in [2.05, 4.69) is 23.3 Å². The minimum absolute atomic E-state index is 0.200. The zero-order valence-corrected chi connectivity index (χ0v) is 17.4. The van der Waals surface area contributed by atoms with Gasteiger partial charge < -0.3 is 21.0 Å². The molecule has 1 aliphatic heterocycles. The molecular formula is C22H22F3N3O5. The van der Waals surface area contributed by atoms with Gasteiger partial charge in [-0.25, -0.2) is 4.79 Å². The van der Waals surface area contributed by atoms with Crippen molar-refractivity contribution in [3.05, 3.63) is 70.3 Å². The number of carbonyl (C=O) groups excluding carboxylic acids is 1. The topological polar surface area (TPSA) is 133 Å². The number of rotatable bonds is 6. The number of carbonyl (C=O) groups is 3. The van der Waals surface area contributed by atoms with Crippen molar-refractivity contribution in [2.24, 2.45) is 10.9 Å². The number of hydrazone groups is 1. The molecule has 1 heterocycles. The summed E-state index contributed by atoms with van der Waals surface area (Å²) in [6.45, 7) is 0.199. The number of amides is 1. The highest BCUT2D eigenvalue weighted by Gasteiger charge is 2.38. The van der Waals surface area contributed by atoms with E-state index in [9.17, 15) is 22.8 Å². The summed E-state index contributed by atoms with van der Waals surface area (Å²) >= 11 is 0. The Labute approximate surface area is 187 Å². The third kappa shape index (κ3) is 7.63. The van der Waals surface area contributed by atoms with Gasteiger partial charge in [0.1, 0.15) is 6.54 Å². The van der Waals surface area contributed by atoms with Crippen LogP contribution in [0.3, 0.4) is 0 Å². The molecule has 8 nitrogen and oxygen atoms in total. The van der Waals surface area contributed by atoms with E-state index in [1.165, 1.54) is 16.0 Å². The highest BCUT2D eigenvalue weighted by Crippen LogP contribution is 2.21. The van der Waals surface area contributed by atoms with Gasteiger partial charge >= 0.3 is 18.1 Å². The van der Waals surface area contributed by atoms with Crippen LogP contribution in [0.2, 0.25) is 0 Å². The quantitative estimate of drug-likeness (QED) is 0.341. The molecule has 0 saturated carbocycles. The Kier molecular flexibility index (Phi) is 8.55. The SMILES string of the molecule is NN=Cc1cccc(CCc2ccc3c(c2)CCN(CC(=O)O)C3=O)c1.O=C(O)C(F)(F)F. The molecule has 0 spiro atoms. The molecule has 4 N–H and O–H groups in total. The van der Waals surface area contributed by atoms with E-state index >= 15 is 0 Å². The first-order valence-corrected chi connectivity index (χ1v) is 9.76. The molecule has 0 bridgehead atoms. The van der Waals surface area contributed by atoms with Gasteiger partial charge in [-0.05, 0) is 47.6 Å². The molecule has 0 atom stereocenters. The zero-order valence-electron chi connectivity index (χ0n) is 17.4. The number of fused-ring (bicyclic) bond motifs is 1. The average molecular weight is 465 g/mol. The van der Waals surface area contributed by atoms with Crippen molar-refractivity contribution < 1.29 is 37.8 Å². The molecule has 1 aliphatic rings. The van der Waals surface area contributed by atoms with Gasteiger partial charge in [0.2, 0.25) is 0 Å². The molecule has 176 valence electrons. The number of alkyl halides is 3. The lowest BCUT2D eigenvalue weighted by molar-refractivity contribution is -0.192. The number of benzene rings is 2. The Morgan fingerprint density at radius 2 is 1.73 bits per heavy atom. The van der Waals surface area contributed by atoms with Gasteiger partial charge in [0.25, 0.3) is 5.91 Å². The van der Waals surface area contributed by atoms with Crippen LogP contribution in [-0.4, -0.2) is 58.4 Å². The Balaban J connectivity index is 0.000000479. The van der Waals surface area contributed by atoms with Crippen molar-refractivity contribution >= 4 is 24.1 Å². The summed E-state index contributed by atoms with van der Waals surface area (Å²) in [6, 6.07) is 13.9. The third-order valence-electron chi connectivity index (χ3n) is 4.78. The fourth-order valence-corrected chi connectivity index (χ4v) is 3.26. The summed E-state index contributed by atoms with van der Waals surface area (Å²) < 4.78 is 31.7. The normalized spacial score (nSPS) is 13.3. The second-order valence-corrected chi connectivity index (χ2v) is 7.19. The number of hydrogen-bond donors (Lipinski definition) is 3. The predicted octanol–water partition coefficient (Wildman–Crippen LogP) is 2.48. The third-order valence-corrected chi connectivity index (χ3v) is 4.78. The Morgan fingerprint density at radius 1 is 1.09 bits per heavy atom. The molecule has 2 aromatic carbocycles. The van der Waals surface area contributed by atoms with Crippen LogP contribution in [0.25, 0.3) is 0 Å². The van der Waals surface area contributed by atoms with E-state index in [1.807, 2.05) is 24.3 Å². The molecule has 0 saturated heterocycles. The van der Waals surface area contributed by atoms with Crippen molar-refractivity contribution in [3.8, 4) is 0 Å². The summed E-state index contributed by atoms with van der Waals surface area (Å²) in [5, 5.41) is 19.6. The number of nitrogens with two attached hydrogens (primary N) is 1. The van der Waals surface area contributed by atoms with Crippen LogP contribution in [-0.2, 0) is 28.9 Å². The molecule has 0 radical (unpaired) electrons. The van der Waals surface area contributed by atoms with Gasteiger partial charge in [-0.1, -0.05) is 36.4 Å². The van der Waals surface area contributed by atoms with Crippen molar-refractivity contribution in [1.82, 2.24) is 4.90 Å². The van der Waals surface area contributed by atoms with Gasteiger partial charge in [-0.2, -0.15) is 18.3 Å². The second kappa shape index (κ2) is 11.1. The number of hydrogen-bond acceptors (Lipinski definition) is 5. The summed E-state index contributed by atoms with van der Waals surface area (Å²) in [5.41, 5.74) is 4.95. The lowest BCUT2D eigenvalue weighted by atomic mass is 9.94. The summed E-state index contributed by atoms with van der Waals surface area (Å²) in [4.78, 5) is 33.5. The molecule has 33 heavy (non-hydrogen) atoms. The van der Waals surface area contributed by atoms with Gasteiger partial charge in [0, 0.05) is 12.1 Å². The molecule has 3 rings (SSSR count). The first-order valence-electron chi connectivity index (χ1n) is 9.76. The summed E-state index contributed by atoms with van der Waals surface area (Å²) in [5.74, 6) is 1.25. The maximum atomic E-state index is 12.4. The summed E-state index contributed by atoms with van der Waals surface area (Å²) in [6.07, 6.45) is -1.03. The fraction of sp³-hybridized carbons (Fsp3) is 0.273. The van der Waals surface area contributed by atoms with Gasteiger partial charge in [-0.3, -0.25) is 9.59 Å². The standard InChI is InChI=1S/C20H21N3O3.C2HF3O2/c21-22-12-16-3-1-2-14(10-16)4-5-15-6-7-18-17(11-15)8-9-23(20(18)26)13-19(24)25;3-2(4,5)1(6)7/h1-3,6-7,10-12H,4-5,8-9,13,21H2,(H,24,25);(H,6,7). The molecule has 0 aromatic heterocycles. The van der Waals surface area contributed by atoms with Crippen molar-refractivity contribution in [3.63, 3.8) is 0 Å². The fourth-order valence-electron chi connectivity index (χ4n) is 3.26. The average Bonchev–Trinajstić information content (AvgIpc) is 2.74. The van der Waals surface area contributed by atoms with Crippen LogP contribution in [0, 0.1) is 0 Å². The number of aliphatic carboxylic acids is 2. The molecule has 0 unspecified atom stereocenters. The minimum atomic E-state index is -5.08. The molecule has 2 aromatic rings. The maximum Gasteiger partial charge on any atom is 0.490 e. The van der Waals surface area contributed by atoms with Crippen molar-refractivity contribution in [2.75, 3.05) is 13.1 Å². The molecule has 1 amide bonds. The van der Waals surface area contributed by atoms with Gasteiger partial charge in [0.15, 0.2) is 0 Å². The molecular weight excluding hydrogens is 443 g/mol. The number of carboxylic acids is 2. The molecule has 0 aliphatic carbocycles. The number of halogens is 3. The van der Waals surface area contributed by atoms with E-state index in [0.29, 0.717) is 18.5 Å². The Bertz CT molecular complexity index is 1050. The predicted molar refractivity (Wildman–Crippen MR) is 113 cm³/mol. The number of carboxylic acid groups (broad SMARTS) is 2.